The molecule has 3 amide bonds. The van der Waals surface area contributed by atoms with Crippen molar-refractivity contribution in [2.45, 2.75) is 6.92 Å². The molecule has 0 saturated heterocycles. The molecule has 3 rings (SSSR count). The Balaban J connectivity index is 1.93. The third kappa shape index (κ3) is 3.80. The highest BCUT2D eigenvalue weighted by atomic mass is 32.1. The zero-order chi connectivity index (χ0) is 19.6. The van der Waals surface area contributed by atoms with Crippen LogP contribution in [0.1, 0.15) is 16.1 Å². The summed E-state index contributed by atoms with van der Waals surface area (Å²) in [5.41, 5.74) is 2.05. The van der Waals surface area contributed by atoms with E-state index in [0.717, 1.165) is 4.88 Å². The van der Waals surface area contributed by atoms with Gasteiger partial charge in [-0.3, -0.25) is 14.8 Å². The van der Waals surface area contributed by atoms with E-state index < -0.39 is 24.5 Å². The number of aromatic nitrogens is 3. The van der Waals surface area contributed by atoms with Crippen LogP contribution in [0.2, 0.25) is 0 Å². The zero-order valence-corrected chi connectivity index (χ0v) is 15.7. The largest absolute Gasteiger partial charge is 0.452 e. The van der Waals surface area contributed by atoms with Gasteiger partial charge < -0.3 is 10.1 Å². The van der Waals surface area contributed by atoms with Gasteiger partial charge in [0.25, 0.3) is 5.91 Å². The number of carbonyl (C=O) groups excluding carboxylic acids is 3. The molecule has 0 radical (unpaired) electrons. The number of pyridine rings is 1. The number of fused-ring (bicyclic) bond motifs is 1. The number of urea groups is 1. The lowest BCUT2D eigenvalue weighted by Gasteiger charge is -2.08. The third-order valence-corrected chi connectivity index (χ3v) is 4.67. The number of imide groups is 1. The minimum Gasteiger partial charge on any atom is -0.452 e. The average molecular weight is 387 g/mol. The topological polar surface area (TPSA) is 115 Å². The standard InChI is InChI=1S/C17H17N5O4S/c1-9-14-10(16(24)26-8-13(23)20-17(25)18-2)7-11(12-5-4-6-27-12)19-15(14)22(3)21-9/h4-7H,8H2,1-3H3,(H2,18,20,23,25). The van der Waals surface area contributed by atoms with Crippen LogP contribution in [0, 0.1) is 6.92 Å². The van der Waals surface area contributed by atoms with Gasteiger partial charge in [0.15, 0.2) is 12.3 Å². The fourth-order valence-corrected chi connectivity index (χ4v) is 3.28. The Bertz CT molecular complexity index is 1030. The molecule has 140 valence electrons. The Hall–Kier alpha value is -3.27. The van der Waals surface area contributed by atoms with Crippen LogP contribution in [0.4, 0.5) is 4.79 Å². The van der Waals surface area contributed by atoms with E-state index in [1.165, 1.54) is 18.4 Å². The number of esters is 1. The first-order valence-electron chi connectivity index (χ1n) is 7.97. The summed E-state index contributed by atoms with van der Waals surface area (Å²) in [7, 11) is 3.12. The molecule has 0 unspecified atom stereocenters. The van der Waals surface area contributed by atoms with E-state index >= 15 is 0 Å². The highest BCUT2D eigenvalue weighted by molar-refractivity contribution is 7.13. The Kier molecular flexibility index (Phi) is 5.17. The molecule has 0 aliphatic heterocycles. The van der Waals surface area contributed by atoms with Crippen LogP contribution in [-0.4, -0.2) is 46.3 Å². The molecule has 0 aliphatic carbocycles. The molecular formula is C17H17N5O4S. The fraction of sp³-hybridized carbons (Fsp3) is 0.235. The number of ether oxygens (including phenoxy) is 1. The number of nitrogens with one attached hydrogen (secondary N) is 2. The molecule has 9 nitrogen and oxygen atoms in total. The maximum atomic E-state index is 12.6. The molecule has 2 N–H and O–H groups in total. The second-order valence-electron chi connectivity index (χ2n) is 5.64. The fourth-order valence-electron chi connectivity index (χ4n) is 2.59. The lowest BCUT2D eigenvalue weighted by atomic mass is 10.1. The average Bonchev–Trinajstić information content (AvgIpc) is 3.28. The minimum absolute atomic E-state index is 0.266. The van der Waals surface area contributed by atoms with E-state index in [4.69, 9.17) is 4.74 Å². The Morgan fingerprint density at radius 3 is 2.78 bits per heavy atom. The van der Waals surface area contributed by atoms with Gasteiger partial charge in [0.2, 0.25) is 0 Å². The molecule has 10 heteroatoms. The lowest BCUT2D eigenvalue weighted by Crippen LogP contribution is -2.39. The van der Waals surface area contributed by atoms with E-state index in [1.54, 1.807) is 24.7 Å². The second kappa shape index (κ2) is 7.54. The van der Waals surface area contributed by atoms with Gasteiger partial charge in [-0.1, -0.05) is 6.07 Å². The highest BCUT2D eigenvalue weighted by Gasteiger charge is 2.21. The van der Waals surface area contributed by atoms with Gasteiger partial charge in [-0.2, -0.15) is 5.10 Å². The van der Waals surface area contributed by atoms with Crippen molar-refractivity contribution in [3.63, 3.8) is 0 Å². The monoisotopic (exact) mass is 387 g/mol. The number of thiophene rings is 1. The van der Waals surface area contributed by atoms with Crippen molar-refractivity contribution >= 4 is 40.3 Å². The van der Waals surface area contributed by atoms with E-state index in [0.29, 0.717) is 22.4 Å². The second-order valence-corrected chi connectivity index (χ2v) is 6.59. The molecule has 0 aliphatic rings. The minimum atomic E-state index is -0.727. The van der Waals surface area contributed by atoms with Crippen molar-refractivity contribution in [1.29, 1.82) is 0 Å². The molecule has 0 atom stereocenters. The van der Waals surface area contributed by atoms with Crippen LogP contribution in [0.3, 0.4) is 0 Å². The van der Waals surface area contributed by atoms with Crippen molar-refractivity contribution in [2.24, 2.45) is 7.05 Å². The van der Waals surface area contributed by atoms with Crippen LogP contribution in [0.5, 0.6) is 0 Å². The summed E-state index contributed by atoms with van der Waals surface area (Å²) in [4.78, 5) is 40.9. The first-order chi connectivity index (χ1) is 12.9. The van der Waals surface area contributed by atoms with Crippen molar-refractivity contribution in [1.82, 2.24) is 25.4 Å². The van der Waals surface area contributed by atoms with Crippen LogP contribution < -0.4 is 10.6 Å². The number of nitrogens with zero attached hydrogens (tertiary/aromatic N) is 3. The molecule has 0 aromatic carbocycles. The summed E-state index contributed by atoms with van der Waals surface area (Å²) in [6, 6.07) is 4.74. The maximum absolute atomic E-state index is 12.6. The van der Waals surface area contributed by atoms with Crippen LogP contribution in [0.15, 0.2) is 23.6 Å². The van der Waals surface area contributed by atoms with E-state index in [2.05, 4.69) is 15.4 Å². The molecule has 3 heterocycles. The smallest absolute Gasteiger partial charge is 0.339 e. The number of hydrogen-bond donors (Lipinski definition) is 2. The maximum Gasteiger partial charge on any atom is 0.339 e. The molecule has 3 aromatic heterocycles. The van der Waals surface area contributed by atoms with Gasteiger partial charge in [0.05, 0.1) is 27.2 Å². The van der Waals surface area contributed by atoms with Crippen molar-refractivity contribution in [3.05, 3.63) is 34.8 Å². The first-order valence-corrected chi connectivity index (χ1v) is 8.85. The summed E-state index contributed by atoms with van der Waals surface area (Å²) >= 11 is 1.49. The van der Waals surface area contributed by atoms with Gasteiger partial charge in [0.1, 0.15) is 0 Å². The number of amides is 3. The van der Waals surface area contributed by atoms with Gasteiger partial charge in [-0.25, -0.2) is 14.6 Å². The van der Waals surface area contributed by atoms with Gasteiger partial charge in [-0.05, 0) is 24.4 Å². The highest BCUT2D eigenvalue weighted by Crippen LogP contribution is 2.29. The Morgan fingerprint density at radius 1 is 1.33 bits per heavy atom. The normalized spacial score (nSPS) is 10.6. The summed E-state index contributed by atoms with van der Waals surface area (Å²) in [6.45, 7) is 1.19. The van der Waals surface area contributed by atoms with Crippen LogP contribution >= 0.6 is 11.3 Å². The quantitative estimate of drug-likeness (QED) is 0.657. The summed E-state index contributed by atoms with van der Waals surface area (Å²) in [5.74, 6) is -1.42. The van der Waals surface area contributed by atoms with Gasteiger partial charge >= 0.3 is 12.0 Å². The first kappa shape index (κ1) is 18.5. The molecule has 0 fully saturated rings. The van der Waals surface area contributed by atoms with E-state index in [1.807, 2.05) is 22.8 Å². The van der Waals surface area contributed by atoms with Gasteiger partial charge in [-0.15, -0.1) is 11.3 Å². The summed E-state index contributed by atoms with van der Waals surface area (Å²) in [5, 5.41) is 11.1. The molecule has 0 bridgehead atoms. The summed E-state index contributed by atoms with van der Waals surface area (Å²) < 4.78 is 6.68. The molecular weight excluding hydrogens is 370 g/mol. The van der Waals surface area contributed by atoms with Crippen molar-refractivity contribution < 1.29 is 19.1 Å². The zero-order valence-electron chi connectivity index (χ0n) is 14.9. The van der Waals surface area contributed by atoms with E-state index in [-0.39, 0.29) is 5.56 Å². The van der Waals surface area contributed by atoms with Crippen LogP contribution in [0.25, 0.3) is 21.6 Å². The van der Waals surface area contributed by atoms with Crippen LogP contribution in [-0.2, 0) is 16.6 Å². The SMILES string of the molecule is CNC(=O)NC(=O)COC(=O)c1cc(-c2cccs2)nc2c1c(C)nn2C. The predicted molar refractivity (Wildman–Crippen MR) is 99.4 cm³/mol. The molecule has 0 spiro atoms. The number of hydrogen-bond acceptors (Lipinski definition) is 7. The van der Waals surface area contributed by atoms with Crippen molar-refractivity contribution in [2.75, 3.05) is 13.7 Å². The Labute approximate surface area is 158 Å². The molecule has 0 saturated carbocycles. The predicted octanol–water partition coefficient (Wildman–Crippen LogP) is 1.62. The van der Waals surface area contributed by atoms with E-state index in [9.17, 15) is 14.4 Å². The summed E-state index contributed by atoms with van der Waals surface area (Å²) in [6.07, 6.45) is 0. The molecule has 3 aromatic rings. The number of rotatable bonds is 4. The van der Waals surface area contributed by atoms with Crippen molar-refractivity contribution in [3.8, 4) is 10.6 Å². The number of carbonyl (C=O) groups is 3. The lowest BCUT2D eigenvalue weighted by molar-refractivity contribution is -0.123. The molecule has 27 heavy (non-hydrogen) atoms. The van der Waals surface area contributed by atoms with Gasteiger partial charge in [0, 0.05) is 14.1 Å². The number of aryl methyl sites for hydroxylation is 2. The third-order valence-electron chi connectivity index (χ3n) is 3.78. The Morgan fingerprint density at radius 2 is 2.11 bits per heavy atom.